The summed E-state index contributed by atoms with van der Waals surface area (Å²) in [6, 6.07) is 59.1. The lowest BCUT2D eigenvalue weighted by Gasteiger charge is -2.30. The van der Waals surface area contributed by atoms with Crippen LogP contribution in [0.15, 0.2) is 193 Å². The SMILES string of the molecule is O=C(NC(=C(Oc1ccccc1)Oc1ccccc1)[P+](c1ccccc1)(c1ccccc1)c1ccccc1)c1ccccc1. The first-order valence-electron chi connectivity index (χ1n) is 14.4. The van der Waals surface area contributed by atoms with Crippen molar-refractivity contribution in [1.29, 1.82) is 0 Å². The van der Waals surface area contributed by atoms with E-state index in [2.05, 4.69) is 41.7 Å². The van der Waals surface area contributed by atoms with Crippen LogP contribution in [0.5, 0.6) is 11.5 Å². The van der Waals surface area contributed by atoms with Crippen molar-refractivity contribution in [2.45, 2.75) is 0 Å². The molecule has 0 aliphatic rings. The number of rotatable bonds is 10. The lowest BCUT2D eigenvalue weighted by molar-refractivity contribution is 0.0963. The van der Waals surface area contributed by atoms with E-state index in [1.165, 1.54) is 0 Å². The number of hydrogen-bond acceptors (Lipinski definition) is 3. The summed E-state index contributed by atoms with van der Waals surface area (Å²) in [7, 11) is -2.87. The first kappa shape index (κ1) is 28.7. The van der Waals surface area contributed by atoms with Crippen LogP contribution in [0, 0.1) is 0 Å². The highest BCUT2D eigenvalue weighted by atomic mass is 31.2. The van der Waals surface area contributed by atoms with Crippen LogP contribution in [0.4, 0.5) is 0 Å². The van der Waals surface area contributed by atoms with Gasteiger partial charge in [0.05, 0.1) is 0 Å². The van der Waals surface area contributed by atoms with Gasteiger partial charge in [-0.05, 0) is 72.8 Å². The second-order valence-electron chi connectivity index (χ2n) is 9.96. The zero-order valence-electron chi connectivity index (χ0n) is 24.0. The Morgan fingerprint density at radius 3 is 1.11 bits per heavy atom. The molecule has 4 nitrogen and oxygen atoms in total. The van der Waals surface area contributed by atoms with Gasteiger partial charge in [0.25, 0.3) is 11.3 Å². The third-order valence-electron chi connectivity index (χ3n) is 7.13. The van der Waals surface area contributed by atoms with Crippen LogP contribution in [-0.4, -0.2) is 5.91 Å². The van der Waals surface area contributed by atoms with Crippen molar-refractivity contribution in [3.8, 4) is 11.5 Å². The molecule has 0 fully saturated rings. The molecule has 0 spiro atoms. The number of hydrogen-bond donors (Lipinski definition) is 1. The van der Waals surface area contributed by atoms with Crippen LogP contribution in [0.2, 0.25) is 0 Å². The number of para-hydroxylation sites is 2. The predicted molar refractivity (Wildman–Crippen MR) is 180 cm³/mol. The summed E-state index contributed by atoms with van der Waals surface area (Å²) in [6.45, 7) is 0. The van der Waals surface area contributed by atoms with Crippen LogP contribution in [0.3, 0.4) is 0 Å². The second kappa shape index (κ2) is 13.7. The molecule has 0 heterocycles. The molecule has 44 heavy (non-hydrogen) atoms. The number of carbonyl (C=O) groups is 1. The van der Waals surface area contributed by atoms with Gasteiger partial charge in [0.2, 0.25) is 0 Å². The standard InChI is InChI=1S/C39H30NO3P/c41-37(31-19-7-1-8-20-31)40-38(39(42-32-21-9-2-10-22-32)43-33-23-11-3-12-24-33)44(34-25-13-4-14-26-34,35-27-15-5-16-28-35)36-29-17-6-18-30-36/h1-30H/p+1. The molecule has 5 heteroatoms. The fraction of sp³-hybridized carbons (Fsp3) is 0. The van der Waals surface area contributed by atoms with E-state index in [1.807, 2.05) is 133 Å². The van der Waals surface area contributed by atoms with Crippen molar-refractivity contribution in [1.82, 2.24) is 5.32 Å². The number of benzene rings is 6. The minimum Gasteiger partial charge on any atom is -0.422 e. The van der Waals surface area contributed by atoms with Gasteiger partial charge in [-0.2, -0.15) is 0 Å². The van der Waals surface area contributed by atoms with Crippen molar-refractivity contribution in [2.75, 3.05) is 0 Å². The van der Waals surface area contributed by atoms with Gasteiger partial charge in [-0.3, -0.25) is 10.1 Å². The molecule has 1 N–H and O–H groups in total. The largest absolute Gasteiger partial charge is 0.422 e. The van der Waals surface area contributed by atoms with Gasteiger partial charge in [0, 0.05) is 5.56 Å². The molecule has 1 amide bonds. The van der Waals surface area contributed by atoms with Crippen LogP contribution in [-0.2, 0) is 0 Å². The molecule has 0 bridgehead atoms. The van der Waals surface area contributed by atoms with E-state index in [9.17, 15) is 4.79 Å². The van der Waals surface area contributed by atoms with Gasteiger partial charge in [-0.25, -0.2) is 0 Å². The Kier molecular flexibility index (Phi) is 8.92. The first-order valence-corrected chi connectivity index (χ1v) is 16.2. The highest BCUT2D eigenvalue weighted by molar-refractivity contribution is 7.99. The molecule has 214 valence electrons. The van der Waals surface area contributed by atoms with E-state index in [1.54, 1.807) is 12.1 Å². The van der Waals surface area contributed by atoms with Crippen LogP contribution < -0.4 is 30.7 Å². The van der Waals surface area contributed by atoms with Crippen LogP contribution >= 0.6 is 7.26 Å². The average molecular weight is 593 g/mol. The third kappa shape index (κ3) is 6.17. The second-order valence-corrected chi connectivity index (χ2v) is 13.3. The fourth-order valence-corrected chi connectivity index (χ4v) is 9.30. The van der Waals surface area contributed by atoms with Crippen molar-refractivity contribution >= 4 is 29.1 Å². The van der Waals surface area contributed by atoms with E-state index in [0.29, 0.717) is 22.5 Å². The molecule has 0 saturated heterocycles. The summed E-state index contributed by atoms with van der Waals surface area (Å²) >= 11 is 0. The highest BCUT2D eigenvalue weighted by Crippen LogP contribution is 2.62. The summed E-state index contributed by atoms with van der Waals surface area (Å²) in [5.41, 5.74) is 1.07. The first-order chi connectivity index (χ1) is 21.7. The molecule has 0 aliphatic heterocycles. The van der Waals surface area contributed by atoms with E-state index >= 15 is 0 Å². The maximum absolute atomic E-state index is 14.2. The molecule has 0 aliphatic carbocycles. The van der Waals surface area contributed by atoms with Gasteiger partial charge in [0.1, 0.15) is 27.4 Å². The highest BCUT2D eigenvalue weighted by Gasteiger charge is 2.54. The topological polar surface area (TPSA) is 47.6 Å². The van der Waals surface area contributed by atoms with Crippen molar-refractivity contribution < 1.29 is 14.3 Å². The number of ether oxygens (including phenoxy) is 2. The molecule has 0 radical (unpaired) electrons. The van der Waals surface area contributed by atoms with Gasteiger partial charge in [-0.15, -0.1) is 0 Å². The van der Waals surface area contributed by atoms with E-state index in [0.717, 1.165) is 15.9 Å². The number of carbonyl (C=O) groups excluding carboxylic acids is 1. The lowest BCUT2D eigenvalue weighted by atomic mass is 10.2. The Balaban J connectivity index is 1.72. The van der Waals surface area contributed by atoms with E-state index < -0.39 is 7.26 Å². The number of nitrogens with one attached hydrogen (secondary N) is 1. The Morgan fingerprint density at radius 2 is 0.750 bits per heavy atom. The van der Waals surface area contributed by atoms with Gasteiger partial charge >= 0.3 is 5.95 Å². The van der Waals surface area contributed by atoms with Crippen molar-refractivity contribution in [3.63, 3.8) is 0 Å². The minimum atomic E-state index is -2.87. The summed E-state index contributed by atoms with van der Waals surface area (Å²) in [6.07, 6.45) is 0. The average Bonchev–Trinajstić information content (AvgIpc) is 3.10. The Labute approximate surface area is 258 Å². The molecular formula is C39H31NO3P+. The Bertz CT molecular complexity index is 1670. The molecule has 6 aromatic carbocycles. The van der Waals surface area contributed by atoms with Gasteiger partial charge < -0.3 is 9.47 Å². The molecule has 6 aromatic rings. The third-order valence-corrected chi connectivity index (χ3v) is 11.3. The molecular weight excluding hydrogens is 561 g/mol. The molecule has 0 saturated carbocycles. The quantitative estimate of drug-likeness (QED) is 0.131. The van der Waals surface area contributed by atoms with Gasteiger partial charge in [-0.1, -0.05) is 109 Å². The molecule has 0 atom stereocenters. The van der Waals surface area contributed by atoms with Crippen molar-refractivity contribution in [3.05, 3.63) is 199 Å². The molecule has 0 aromatic heterocycles. The zero-order valence-corrected chi connectivity index (χ0v) is 24.9. The fourth-order valence-electron chi connectivity index (χ4n) is 5.14. The normalized spacial score (nSPS) is 10.8. The maximum atomic E-state index is 14.2. The Hall–Kier alpha value is -5.44. The predicted octanol–water partition coefficient (Wildman–Crippen LogP) is 7.70. The Morgan fingerprint density at radius 1 is 0.432 bits per heavy atom. The van der Waals surface area contributed by atoms with Gasteiger partial charge in [0.15, 0.2) is 7.26 Å². The van der Waals surface area contributed by atoms with Crippen molar-refractivity contribution in [2.24, 2.45) is 0 Å². The minimum absolute atomic E-state index is 0.191. The summed E-state index contributed by atoms with van der Waals surface area (Å²) < 4.78 is 13.3. The zero-order chi connectivity index (χ0) is 30.0. The summed E-state index contributed by atoms with van der Waals surface area (Å²) in [4.78, 5) is 14.2. The maximum Gasteiger partial charge on any atom is 0.354 e. The van der Waals surface area contributed by atoms with E-state index in [-0.39, 0.29) is 11.9 Å². The van der Waals surface area contributed by atoms with Crippen LogP contribution in [0.1, 0.15) is 10.4 Å². The van der Waals surface area contributed by atoms with Crippen LogP contribution in [0.25, 0.3) is 0 Å². The van der Waals surface area contributed by atoms with E-state index in [4.69, 9.17) is 9.47 Å². The lowest BCUT2D eigenvalue weighted by Crippen LogP contribution is -2.40. The summed E-state index contributed by atoms with van der Waals surface area (Å²) in [5, 5.41) is 6.45. The molecule has 0 unspecified atom stereocenters. The summed E-state index contributed by atoms with van der Waals surface area (Å²) in [5.74, 6) is 1.09. The number of amides is 1. The molecule has 6 rings (SSSR count). The monoisotopic (exact) mass is 592 g/mol. The smallest absolute Gasteiger partial charge is 0.354 e.